The van der Waals surface area contributed by atoms with Gasteiger partial charge in [-0.15, -0.1) is 0 Å². The summed E-state index contributed by atoms with van der Waals surface area (Å²) >= 11 is 0. The Balaban J connectivity index is 1.80. The summed E-state index contributed by atoms with van der Waals surface area (Å²) < 4.78 is 0. The Morgan fingerprint density at radius 1 is 1.04 bits per heavy atom. The molecular formula is C20H34N4. The second kappa shape index (κ2) is 9.67. The molecule has 0 radical (unpaired) electrons. The van der Waals surface area contributed by atoms with Crippen molar-refractivity contribution in [3.63, 3.8) is 0 Å². The summed E-state index contributed by atoms with van der Waals surface area (Å²) in [5, 5.41) is 6.83. The number of hydrogen-bond acceptors (Lipinski definition) is 2. The van der Waals surface area contributed by atoms with Gasteiger partial charge in [-0.3, -0.25) is 9.89 Å². The van der Waals surface area contributed by atoms with Crippen LogP contribution in [0.4, 0.5) is 0 Å². The van der Waals surface area contributed by atoms with Crippen LogP contribution in [0.25, 0.3) is 0 Å². The second-order valence-corrected chi connectivity index (χ2v) is 7.26. The maximum atomic E-state index is 4.31. The summed E-state index contributed by atoms with van der Waals surface area (Å²) in [6.07, 6.45) is 4.09. The van der Waals surface area contributed by atoms with Gasteiger partial charge in [0.25, 0.3) is 0 Å². The van der Waals surface area contributed by atoms with Crippen LogP contribution in [0.2, 0.25) is 0 Å². The number of likely N-dealkylation sites (tertiary alicyclic amines) is 1. The highest BCUT2D eigenvalue weighted by Gasteiger charge is 2.11. The van der Waals surface area contributed by atoms with Crippen molar-refractivity contribution in [2.75, 3.05) is 20.1 Å². The standard InChI is InChI=1S/C20H34N4/c1-16(2)17(3)23-20(21-4)22-14-18-8-10-19(11-9-18)15-24-12-6-5-7-13-24/h8-11,16-17H,5-7,12-15H2,1-4H3,(H2,21,22,23). The summed E-state index contributed by atoms with van der Waals surface area (Å²) in [5.74, 6) is 1.45. The predicted molar refractivity (Wildman–Crippen MR) is 103 cm³/mol. The smallest absolute Gasteiger partial charge is 0.191 e. The van der Waals surface area contributed by atoms with E-state index < -0.39 is 0 Å². The minimum atomic E-state index is 0.406. The summed E-state index contributed by atoms with van der Waals surface area (Å²) in [4.78, 5) is 6.87. The number of benzene rings is 1. The van der Waals surface area contributed by atoms with Crippen LogP contribution in [0.15, 0.2) is 29.3 Å². The Hall–Kier alpha value is -1.55. The molecule has 1 atom stereocenters. The normalized spacial score (nSPS) is 17.8. The quantitative estimate of drug-likeness (QED) is 0.620. The summed E-state index contributed by atoms with van der Waals surface area (Å²) in [7, 11) is 1.82. The van der Waals surface area contributed by atoms with Crippen molar-refractivity contribution < 1.29 is 0 Å². The van der Waals surface area contributed by atoms with Gasteiger partial charge in [-0.25, -0.2) is 0 Å². The van der Waals surface area contributed by atoms with E-state index in [0.29, 0.717) is 12.0 Å². The van der Waals surface area contributed by atoms with Crippen molar-refractivity contribution in [1.29, 1.82) is 0 Å². The number of nitrogens with zero attached hydrogens (tertiary/aromatic N) is 2. The van der Waals surface area contributed by atoms with Crippen LogP contribution in [0.3, 0.4) is 0 Å². The average Bonchev–Trinajstić information content (AvgIpc) is 2.60. The molecule has 1 aromatic rings. The number of piperidine rings is 1. The first-order chi connectivity index (χ1) is 11.6. The van der Waals surface area contributed by atoms with Gasteiger partial charge in [0.2, 0.25) is 0 Å². The fraction of sp³-hybridized carbons (Fsp3) is 0.650. The molecule has 1 saturated heterocycles. The van der Waals surface area contributed by atoms with Crippen molar-refractivity contribution in [1.82, 2.24) is 15.5 Å². The third-order valence-electron chi connectivity index (χ3n) is 4.93. The molecule has 1 fully saturated rings. The van der Waals surface area contributed by atoms with Gasteiger partial charge in [0.15, 0.2) is 5.96 Å². The van der Waals surface area contributed by atoms with Gasteiger partial charge < -0.3 is 10.6 Å². The molecule has 0 spiro atoms. The zero-order valence-electron chi connectivity index (χ0n) is 15.8. The molecular weight excluding hydrogens is 296 g/mol. The molecule has 1 heterocycles. The lowest BCUT2D eigenvalue weighted by atomic mass is 10.1. The first-order valence-corrected chi connectivity index (χ1v) is 9.36. The van der Waals surface area contributed by atoms with Gasteiger partial charge in [0, 0.05) is 26.2 Å². The van der Waals surface area contributed by atoms with Gasteiger partial charge >= 0.3 is 0 Å². The van der Waals surface area contributed by atoms with Crippen molar-refractivity contribution in [2.45, 2.75) is 59.2 Å². The minimum Gasteiger partial charge on any atom is -0.354 e. The van der Waals surface area contributed by atoms with Crippen LogP contribution >= 0.6 is 0 Å². The lowest BCUT2D eigenvalue weighted by Gasteiger charge is -2.26. The summed E-state index contributed by atoms with van der Waals surface area (Å²) in [5.41, 5.74) is 2.70. The molecule has 0 aliphatic carbocycles. The zero-order chi connectivity index (χ0) is 17.4. The lowest BCUT2D eigenvalue weighted by Crippen LogP contribution is -2.43. The number of hydrogen-bond donors (Lipinski definition) is 2. The molecule has 1 unspecified atom stereocenters. The van der Waals surface area contributed by atoms with Crippen molar-refractivity contribution >= 4 is 5.96 Å². The zero-order valence-corrected chi connectivity index (χ0v) is 15.8. The van der Waals surface area contributed by atoms with Crippen LogP contribution in [-0.2, 0) is 13.1 Å². The largest absolute Gasteiger partial charge is 0.354 e. The van der Waals surface area contributed by atoms with Crippen molar-refractivity contribution in [3.8, 4) is 0 Å². The molecule has 1 aliphatic rings. The third-order valence-corrected chi connectivity index (χ3v) is 4.93. The van der Waals surface area contributed by atoms with Crippen molar-refractivity contribution in [2.24, 2.45) is 10.9 Å². The molecule has 4 nitrogen and oxygen atoms in total. The topological polar surface area (TPSA) is 39.7 Å². The molecule has 0 aromatic heterocycles. The highest BCUT2D eigenvalue weighted by molar-refractivity contribution is 5.79. The van der Waals surface area contributed by atoms with E-state index >= 15 is 0 Å². The van der Waals surface area contributed by atoms with Gasteiger partial charge in [-0.05, 0) is 49.9 Å². The van der Waals surface area contributed by atoms with Crippen LogP contribution in [0, 0.1) is 5.92 Å². The van der Waals surface area contributed by atoms with E-state index in [1.165, 1.54) is 43.5 Å². The second-order valence-electron chi connectivity index (χ2n) is 7.26. The number of rotatable bonds is 6. The van der Waals surface area contributed by atoms with E-state index in [4.69, 9.17) is 0 Å². The Bertz CT molecular complexity index is 501. The van der Waals surface area contributed by atoms with Crippen LogP contribution < -0.4 is 10.6 Å². The first-order valence-electron chi connectivity index (χ1n) is 9.36. The Kier molecular flexibility index (Phi) is 7.57. The maximum absolute atomic E-state index is 4.31. The first kappa shape index (κ1) is 18.8. The van der Waals surface area contributed by atoms with Crippen molar-refractivity contribution in [3.05, 3.63) is 35.4 Å². The maximum Gasteiger partial charge on any atom is 0.191 e. The summed E-state index contributed by atoms with van der Waals surface area (Å²) in [6.45, 7) is 11.0. The van der Waals surface area contributed by atoms with Gasteiger partial charge in [0.05, 0.1) is 0 Å². The highest BCUT2D eigenvalue weighted by atomic mass is 15.2. The van der Waals surface area contributed by atoms with E-state index in [1.54, 1.807) is 0 Å². The molecule has 1 aliphatic heterocycles. The number of guanidine groups is 1. The molecule has 24 heavy (non-hydrogen) atoms. The Morgan fingerprint density at radius 3 is 2.25 bits per heavy atom. The fourth-order valence-electron chi connectivity index (χ4n) is 2.90. The number of aliphatic imine (C=N–C) groups is 1. The lowest BCUT2D eigenvalue weighted by molar-refractivity contribution is 0.221. The van der Waals surface area contributed by atoms with E-state index in [9.17, 15) is 0 Å². The molecule has 0 saturated carbocycles. The molecule has 0 amide bonds. The SMILES string of the molecule is CN=C(NCc1ccc(CN2CCCCC2)cc1)NC(C)C(C)C. The summed E-state index contributed by atoms with van der Waals surface area (Å²) in [6, 6.07) is 9.39. The van der Waals surface area contributed by atoms with Gasteiger partial charge in [0.1, 0.15) is 0 Å². The van der Waals surface area contributed by atoms with E-state index in [-0.39, 0.29) is 0 Å². The van der Waals surface area contributed by atoms with Crippen LogP contribution in [0.1, 0.15) is 51.2 Å². The minimum absolute atomic E-state index is 0.406. The Morgan fingerprint density at radius 2 is 1.67 bits per heavy atom. The van der Waals surface area contributed by atoms with E-state index in [1.807, 2.05) is 7.05 Å². The van der Waals surface area contributed by atoms with Gasteiger partial charge in [-0.2, -0.15) is 0 Å². The van der Waals surface area contributed by atoms with Crippen LogP contribution in [-0.4, -0.2) is 37.0 Å². The third kappa shape index (κ3) is 6.16. The monoisotopic (exact) mass is 330 g/mol. The highest BCUT2D eigenvalue weighted by Crippen LogP contribution is 2.13. The predicted octanol–water partition coefficient (Wildman–Crippen LogP) is 3.38. The van der Waals surface area contributed by atoms with Crippen LogP contribution in [0.5, 0.6) is 0 Å². The molecule has 1 aromatic carbocycles. The average molecular weight is 331 g/mol. The molecule has 2 rings (SSSR count). The molecule has 0 bridgehead atoms. The Labute approximate surface area is 147 Å². The van der Waals surface area contributed by atoms with E-state index in [0.717, 1.165) is 19.0 Å². The van der Waals surface area contributed by atoms with E-state index in [2.05, 4.69) is 65.6 Å². The molecule has 2 N–H and O–H groups in total. The molecule has 134 valence electrons. The fourth-order valence-corrected chi connectivity index (χ4v) is 2.90. The molecule has 4 heteroatoms. The van der Waals surface area contributed by atoms with Gasteiger partial charge in [-0.1, -0.05) is 44.5 Å². The number of nitrogens with one attached hydrogen (secondary N) is 2.